The Hall–Kier alpha value is -0.900. The second kappa shape index (κ2) is 3.00. The molecule has 2 N–H and O–H groups in total. The molecule has 1 aromatic rings. The van der Waals surface area contributed by atoms with Gasteiger partial charge in [-0.1, -0.05) is 6.92 Å². The highest BCUT2D eigenvalue weighted by molar-refractivity contribution is 4.96. The van der Waals surface area contributed by atoms with Crippen molar-refractivity contribution in [3.8, 4) is 0 Å². The van der Waals surface area contributed by atoms with Crippen LogP contribution >= 0.6 is 0 Å². The molecule has 4 heteroatoms. The van der Waals surface area contributed by atoms with Gasteiger partial charge >= 0.3 is 0 Å². The van der Waals surface area contributed by atoms with Crippen molar-refractivity contribution in [2.45, 2.75) is 25.8 Å². The van der Waals surface area contributed by atoms with E-state index in [1.54, 1.807) is 11.0 Å². The van der Waals surface area contributed by atoms with Gasteiger partial charge in [-0.15, -0.1) is 0 Å². The molecule has 0 radical (unpaired) electrons. The minimum atomic E-state index is 0.123. The molecule has 0 fully saturated rings. The maximum atomic E-state index is 5.71. The van der Waals surface area contributed by atoms with Crippen molar-refractivity contribution in [2.75, 3.05) is 0 Å². The number of aromatic nitrogens is 3. The van der Waals surface area contributed by atoms with Crippen molar-refractivity contribution in [3.63, 3.8) is 0 Å². The Morgan fingerprint density at radius 1 is 1.55 bits per heavy atom. The van der Waals surface area contributed by atoms with Crippen molar-refractivity contribution in [1.29, 1.82) is 0 Å². The van der Waals surface area contributed by atoms with E-state index in [0.29, 0.717) is 0 Å². The highest BCUT2D eigenvalue weighted by Gasteiger charge is 2.14. The van der Waals surface area contributed by atoms with E-state index in [4.69, 9.17) is 5.73 Å². The lowest BCUT2D eigenvalue weighted by Gasteiger charge is -2.13. The predicted molar refractivity (Wildman–Crippen MR) is 43.1 cm³/mol. The van der Waals surface area contributed by atoms with E-state index in [1.807, 2.05) is 14.0 Å². The van der Waals surface area contributed by atoms with Crippen LogP contribution in [-0.2, 0) is 7.05 Å². The van der Waals surface area contributed by atoms with Gasteiger partial charge in [0, 0.05) is 19.0 Å². The van der Waals surface area contributed by atoms with Crippen molar-refractivity contribution in [2.24, 2.45) is 12.8 Å². The van der Waals surface area contributed by atoms with E-state index in [2.05, 4.69) is 17.0 Å². The summed E-state index contributed by atoms with van der Waals surface area (Å²) in [7, 11) is 1.88. The first-order valence-electron chi connectivity index (χ1n) is 3.72. The highest BCUT2D eigenvalue weighted by Crippen LogP contribution is 2.12. The Morgan fingerprint density at radius 3 is 2.55 bits per heavy atom. The number of hydrogen-bond donors (Lipinski definition) is 1. The topological polar surface area (TPSA) is 56.7 Å². The van der Waals surface area contributed by atoms with Crippen molar-refractivity contribution in [3.05, 3.63) is 12.2 Å². The molecule has 0 aliphatic carbocycles. The quantitative estimate of drug-likeness (QED) is 0.665. The Morgan fingerprint density at radius 2 is 2.18 bits per heavy atom. The van der Waals surface area contributed by atoms with Gasteiger partial charge in [0.2, 0.25) is 0 Å². The van der Waals surface area contributed by atoms with Crippen LogP contribution in [0, 0.1) is 0 Å². The molecule has 0 saturated heterocycles. The van der Waals surface area contributed by atoms with Crippen molar-refractivity contribution < 1.29 is 0 Å². The lowest BCUT2D eigenvalue weighted by molar-refractivity contribution is 0.546. The molecule has 62 valence electrons. The summed E-state index contributed by atoms with van der Waals surface area (Å²) in [6.07, 6.45) is 1.55. The van der Waals surface area contributed by atoms with Crippen LogP contribution < -0.4 is 5.73 Å². The molecule has 1 aromatic heterocycles. The fourth-order valence-electron chi connectivity index (χ4n) is 0.953. The molecular formula is C7H14N4. The lowest BCUT2D eigenvalue weighted by Crippen LogP contribution is -2.24. The van der Waals surface area contributed by atoms with E-state index < -0.39 is 0 Å². The number of hydrogen-bond acceptors (Lipinski definition) is 3. The molecule has 0 spiro atoms. The third-order valence-electron chi connectivity index (χ3n) is 1.94. The molecule has 1 rings (SSSR count). The Kier molecular flexibility index (Phi) is 2.24. The van der Waals surface area contributed by atoms with Gasteiger partial charge in [0.25, 0.3) is 0 Å². The van der Waals surface area contributed by atoms with E-state index in [0.717, 1.165) is 5.82 Å². The third-order valence-corrected chi connectivity index (χ3v) is 1.94. The van der Waals surface area contributed by atoms with Gasteiger partial charge in [-0.2, -0.15) is 5.10 Å². The standard InChI is InChI=1S/C7H14N4/c1-5(6(2)8)7-9-4-10-11(7)3/h4-6H,8H2,1-3H3. The number of nitrogens with two attached hydrogens (primary N) is 1. The molecule has 4 nitrogen and oxygen atoms in total. The van der Waals surface area contributed by atoms with E-state index in [-0.39, 0.29) is 12.0 Å². The largest absolute Gasteiger partial charge is 0.327 e. The summed E-state index contributed by atoms with van der Waals surface area (Å²) in [5, 5.41) is 3.97. The summed E-state index contributed by atoms with van der Waals surface area (Å²) in [6.45, 7) is 4.02. The first-order chi connectivity index (χ1) is 5.13. The van der Waals surface area contributed by atoms with Crippen LogP contribution in [0.15, 0.2) is 6.33 Å². The van der Waals surface area contributed by atoms with Gasteiger partial charge in [-0.3, -0.25) is 4.68 Å². The summed E-state index contributed by atoms with van der Waals surface area (Å²) in [5.41, 5.74) is 5.71. The molecule has 0 aliphatic rings. The minimum absolute atomic E-state index is 0.123. The van der Waals surface area contributed by atoms with Crippen molar-refractivity contribution in [1.82, 2.24) is 14.8 Å². The van der Waals surface area contributed by atoms with Crippen LogP contribution in [0.2, 0.25) is 0 Å². The molecule has 11 heavy (non-hydrogen) atoms. The first-order valence-corrected chi connectivity index (χ1v) is 3.72. The van der Waals surface area contributed by atoms with Gasteiger partial charge in [-0.25, -0.2) is 4.98 Å². The molecule has 0 aliphatic heterocycles. The summed E-state index contributed by atoms with van der Waals surface area (Å²) in [6, 6.07) is 0.123. The van der Waals surface area contributed by atoms with Crippen LogP contribution in [0.25, 0.3) is 0 Å². The average Bonchev–Trinajstić information content (AvgIpc) is 2.33. The molecular weight excluding hydrogens is 140 g/mol. The molecule has 0 saturated carbocycles. The molecule has 1 heterocycles. The van der Waals surface area contributed by atoms with Crippen LogP contribution in [-0.4, -0.2) is 20.8 Å². The van der Waals surface area contributed by atoms with Gasteiger partial charge in [0.15, 0.2) is 0 Å². The fraction of sp³-hybridized carbons (Fsp3) is 0.714. The highest BCUT2D eigenvalue weighted by atomic mass is 15.3. The number of aryl methyl sites for hydroxylation is 1. The Labute approximate surface area is 66.4 Å². The second-order valence-electron chi connectivity index (χ2n) is 2.89. The van der Waals surface area contributed by atoms with E-state index in [9.17, 15) is 0 Å². The average molecular weight is 154 g/mol. The van der Waals surface area contributed by atoms with E-state index in [1.165, 1.54) is 0 Å². The Bertz CT molecular complexity index is 228. The number of rotatable bonds is 2. The molecule has 2 atom stereocenters. The molecule has 0 aromatic carbocycles. The summed E-state index contributed by atoms with van der Waals surface area (Å²) in [4.78, 5) is 4.11. The van der Waals surface area contributed by atoms with E-state index >= 15 is 0 Å². The van der Waals surface area contributed by atoms with Crippen LogP contribution in [0.5, 0.6) is 0 Å². The maximum absolute atomic E-state index is 5.71. The van der Waals surface area contributed by atoms with Gasteiger partial charge < -0.3 is 5.73 Å². The monoisotopic (exact) mass is 154 g/mol. The van der Waals surface area contributed by atoms with Crippen LogP contribution in [0.3, 0.4) is 0 Å². The predicted octanol–water partition coefficient (Wildman–Crippen LogP) is 0.266. The minimum Gasteiger partial charge on any atom is -0.327 e. The van der Waals surface area contributed by atoms with Crippen LogP contribution in [0.1, 0.15) is 25.6 Å². The smallest absolute Gasteiger partial charge is 0.138 e. The molecule has 0 bridgehead atoms. The van der Waals surface area contributed by atoms with Crippen molar-refractivity contribution >= 4 is 0 Å². The zero-order valence-corrected chi connectivity index (χ0v) is 7.15. The van der Waals surface area contributed by atoms with Gasteiger partial charge in [0.1, 0.15) is 12.2 Å². The number of nitrogens with zero attached hydrogens (tertiary/aromatic N) is 3. The first kappa shape index (κ1) is 8.20. The normalized spacial score (nSPS) is 16.4. The SMILES string of the molecule is CC(N)C(C)c1ncnn1C. The Balaban J connectivity index is 2.84. The maximum Gasteiger partial charge on any atom is 0.138 e. The zero-order chi connectivity index (χ0) is 8.43. The summed E-state index contributed by atoms with van der Waals surface area (Å²) >= 11 is 0. The summed E-state index contributed by atoms with van der Waals surface area (Å²) < 4.78 is 1.76. The van der Waals surface area contributed by atoms with Gasteiger partial charge in [-0.05, 0) is 6.92 Å². The van der Waals surface area contributed by atoms with Gasteiger partial charge in [0.05, 0.1) is 0 Å². The van der Waals surface area contributed by atoms with Crippen LogP contribution in [0.4, 0.5) is 0 Å². The fourth-order valence-corrected chi connectivity index (χ4v) is 0.953. The molecule has 0 amide bonds. The third kappa shape index (κ3) is 1.57. The summed E-state index contributed by atoms with van der Waals surface area (Å²) in [5.74, 6) is 1.21. The molecule has 2 unspecified atom stereocenters. The lowest BCUT2D eigenvalue weighted by atomic mass is 10.0. The second-order valence-corrected chi connectivity index (χ2v) is 2.89. The zero-order valence-electron chi connectivity index (χ0n) is 7.15.